The van der Waals surface area contributed by atoms with Gasteiger partial charge < -0.3 is 19.9 Å². The zero-order chi connectivity index (χ0) is 17.2. The van der Waals surface area contributed by atoms with E-state index in [0.29, 0.717) is 24.5 Å². The first-order valence-electron chi connectivity index (χ1n) is 7.48. The third-order valence-corrected chi connectivity index (χ3v) is 3.16. The van der Waals surface area contributed by atoms with Crippen molar-refractivity contribution in [2.24, 2.45) is 0 Å². The molecule has 1 rings (SSSR count). The predicted molar refractivity (Wildman–Crippen MR) is 87.1 cm³/mol. The third kappa shape index (κ3) is 5.65. The summed E-state index contributed by atoms with van der Waals surface area (Å²) in [6.07, 6.45) is 3.19. The average Bonchev–Trinajstić information content (AvgIpc) is 2.55. The predicted octanol–water partition coefficient (Wildman–Crippen LogP) is 2.63. The number of ether oxygens (including phenoxy) is 2. The molecule has 1 unspecified atom stereocenters. The molecular formula is C17H23NO5. The fraction of sp³-hybridized carbons (Fsp3) is 0.412. The lowest BCUT2D eigenvalue weighted by molar-refractivity contribution is -0.139. The van der Waals surface area contributed by atoms with Crippen molar-refractivity contribution >= 4 is 11.9 Å². The van der Waals surface area contributed by atoms with Crippen LogP contribution >= 0.6 is 0 Å². The molecule has 0 saturated heterocycles. The number of benzene rings is 1. The van der Waals surface area contributed by atoms with E-state index in [9.17, 15) is 14.7 Å². The van der Waals surface area contributed by atoms with E-state index in [2.05, 4.69) is 11.9 Å². The SMILES string of the molecule is C=CCCC(NC(=O)c1ccc(OC)cc1OCCC)C(=O)O. The molecule has 0 aliphatic rings. The van der Waals surface area contributed by atoms with Crippen LogP contribution in [0.15, 0.2) is 30.9 Å². The number of aliphatic carboxylic acids is 1. The van der Waals surface area contributed by atoms with Gasteiger partial charge in [0.2, 0.25) is 0 Å². The Balaban J connectivity index is 2.95. The second-order valence-corrected chi connectivity index (χ2v) is 4.94. The van der Waals surface area contributed by atoms with E-state index in [1.54, 1.807) is 24.3 Å². The molecule has 0 heterocycles. The number of amides is 1. The number of nitrogens with one attached hydrogen (secondary N) is 1. The van der Waals surface area contributed by atoms with Gasteiger partial charge in [-0.25, -0.2) is 4.79 Å². The van der Waals surface area contributed by atoms with Crippen molar-refractivity contribution < 1.29 is 24.2 Å². The summed E-state index contributed by atoms with van der Waals surface area (Å²) in [5, 5.41) is 11.7. The van der Waals surface area contributed by atoms with Crippen LogP contribution in [0.3, 0.4) is 0 Å². The first-order valence-corrected chi connectivity index (χ1v) is 7.48. The molecule has 0 fully saturated rings. The van der Waals surface area contributed by atoms with Crippen LogP contribution in [0.4, 0.5) is 0 Å². The normalized spacial score (nSPS) is 11.4. The van der Waals surface area contributed by atoms with E-state index in [0.717, 1.165) is 6.42 Å². The number of rotatable bonds is 10. The van der Waals surface area contributed by atoms with Crippen molar-refractivity contribution in [1.29, 1.82) is 0 Å². The monoisotopic (exact) mass is 321 g/mol. The molecule has 0 aliphatic carbocycles. The van der Waals surface area contributed by atoms with Crippen LogP contribution < -0.4 is 14.8 Å². The second kappa shape index (κ2) is 9.50. The van der Waals surface area contributed by atoms with Crippen LogP contribution in [0.2, 0.25) is 0 Å². The van der Waals surface area contributed by atoms with E-state index in [1.807, 2.05) is 6.92 Å². The van der Waals surface area contributed by atoms with Crippen LogP contribution in [0.25, 0.3) is 0 Å². The molecule has 0 bridgehead atoms. The van der Waals surface area contributed by atoms with Crippen molar-refractivity contribution in [3.05, 3.63) is 36.4 Å². The van der Waals surface area contributed by atoms with Crippen LogP contribution in [-0.2, 0) is 4.79 Å². The first-order chi connectivity index (χ1) is 11.0. The standard InChI is InChI=1S/C17H23NO5/c1-4-6-7-14(17(20)21)18-16(19)13-9-8-12(22-3)11-15(13)23-10-5-2/h4,8-9,11,14H,1,5-7,10H2,2-3H3,(H,18,19)(H,20,21). The van der Waals surface area contributed by atoms with E-state index in [4.69, 9.17) is 9.47 Å². The molecule has 0 aliphatic heterocycles. The van der Waals surface area contributed by atoms with Gasteiger partial charge in [0, 0.05) is 6.07 Å². The fourth-order valence-corrected chi connectivity index (χ4v) is 1.93. The molecule has 0 spiro atoms. The Labute approximate surface area is 136 Å². The number of hydrogen-bond acceptors (Lipinski definition) is 4. The van der Waals surface area contributed by atoms with Gasteiger partial charge in [-0.15, -0.1) is 6.58 Å². The number of allylic oxidation sites excluding steroid dienone is 1. The summed E-state index contributed by atoms with van der Waals surface area (Å²) in [7, 11) is 1.52. The molecule has 23 heavy (non-hydrogen) atoms. The highest BCUT2D eigenvalue weighted by molar-refractivity contribution is 5.99. The van der Waals surface area contributed by atoms with Gasteiger partial charge in [0.1, 0.15) is 17.5 Å². The van der Waals surface area contributed by atoms with Gasteiger partial charge in [-0.2, -0.15) is 0 Å². The highest BCUT2D eigenvalue weighted by Crippen LogP contribution is 2.25. The summed E-state index contributed by atoms with van der Waals surface area (Å²) in [6.45, 7) is 5.96. The van der Waals surface area contributed by atoms with Crippen molar-refractivity contribution in [3.8, 4) is 11.5 Å². The zero-order valence-electron chi connectivity index (χ0n) is 13.5. The third-order valence-electron chi connectivity index (χ3n) is 3.16. The minimum absolute atomic E-state index is 0.282. The minimum atomic E-state index is -1.08. The maximum atomic E-state index is 12.4. The Hall–Kier alpha value is -2.50. The number of carbonyl (C=O) groups excluding carboxylic acids is 1. The smallest absolute Gasteiger partial charge is 0.326 e. The van der Waals surface area contributed by atoms with Gasteiger partial charge in [0.25, 0.3) is 5.91 Å². The molecule has 6 heteroatoms. The Morgan fingerprint density at radius 3 is 2.74 bits per heavy atom. The van der Waals surface area contributed by atoms with Crippen molar-refractivity contribution in [3.63, 3.8) is 0 Å². The van der Waals surface area contributed by atoms with E-state index < -0.39 is 17.9 Å². The molecule has 6 nitrogen and oxygen atoms in total. The minimum Gasteiger partial charge on any atom is -0.497 e. The van der Waals surface area contributed by atoms with Crippen LogP contribution in [-0.4, -0.2) is 36.7 Å². The number of carboxylic acids is 1. The topological polar surface area (TPSA) is 84.9 Å². The van der Waals surface area contributed by atoms with Gasteiger partial charge in [0.05, 0.1) is 19.3 Å². The lowest BCUT2D eigenvalue weighted by atomic mass is 10.1. The van der Waals surface area contributed by atoms with Crippen molar-refractivity contribution in [2.45, 2.75) is 32.2 Å². The second-order valence-electron chi connectivity index (χ2n) is 4.94. The summed E-state index contributed by atoms with van der Waals surface area (Å²) in [6, 6.07) is 3.84. The van der Waals surface area contributed by atoms with E-state index in [-0.39, 0.29) is 12.0 Å². The van der Waals surface area contributed by atoms with Crippen LogP contribution in [0.5, 0.6) is 11.5 Å². The lowest BCUT2D eigenvalue weighted by Gasteiger charge is -2.16. The Kier molecular flexibility index (Phi) is 7.66. The van der Waals surface area contributed by atoms with Gasteiger partial charge >= 0.3 is 5.97 Å². The summed E-state index contributed by atoms with van der Waals surface area (Å²) in [4.78, 5) is 23.6. The number of methoxy groups -OCH3 is 1. The molecule has 1 aromatic rings. The van der Waals surface area contributed by atoms with Crippen molar-refractivity contribution in [1.82, 2.24) is 5.32 Å². The van der Waals surface area contributed by atoms with Crippen LogP contribution in [0.1, 0.15) is 36.5 Å². The molecule has 1 amide bonds. The average molecular weight is 321 g/mol. The quantitative estimate of drug-likeness (QED) is 0.647. The fourth-order valence-electron chi connectivity index (χ4n) is 1.93. The van der Waals surface area contributed by atoms with Gasteiger partial charge in [-0.05, 0) is 31.4 Å². The van der Waals surface area contributed by atoms with Gasteiger partial charge in [-0.3, -0.25) is 4.79 Å². The molecular weight excluding hydrogens is 298 g/mol. The zero-order valence-corrected chi connectivity index (χ0v) is 13.5. The maximum absolute atomic E-state index is 12.4. The number of hydrogen-bond donors (Lipinski definition) is 2. The number of carboxylic acid groups (broad SMARTS) is 1. The Morgan fingerprint density at radius 1 is 1.43 bits per heavy atom. The molecule has 2 N–H and O–H groups in total. The van der Waals surface area contributed by atoms with E-state index >= 15 is 0 Å². The summed E-state index contributed by atoms with van der Waals surface area (Å²) in [5.74, 6) is -0.634. The molecule has 126 valence electrons. The first kappa shape index (κ1) is 18.5. The molecule has 0 saturated carbocycles. The molecule has 1 atom stereocenters. The Bertz CT molecular complexity index is 556. The largest absolute Gasteiger partial charge is 0.497 e. The van der Waals surface area contributed by atoms with Gasteiger partial charge in [-0.1, -0.05) is 13.0 Å². The lowest BCUT2D eigenvalue weighted by Crippen LogP contribution is -2.40. The molecule has 0 aromatic heterocycles. The number of carbonyl (C=O) groups is 2. The Morgan fingerprint density at radius 2 is 2.17 bits per heavy atom. The molecule has 0 radical (unpaired) electrons. The summed E-state index contributed by atoms with van der Waals surface area (Å²) in [5.41, 5.74) is 0.282. The highest BCUT2D eigenvalue weighted by atomic mass is 16.5. The summed E-state index contributed by atoms with van der Waals surface area (Å²) >= 11 is 0. The van der Waals surface area contributed by atoms with Gasteiger partial charge in [0.15, 0.2) is 0 Å². The molecule has 1 aromatic carbocycles. The van der Waals surface area contributed by atoms with Crippen molar-refractivity contribution in [2.75, 3.05) is 13.7 Å². The van der Waals surface area contributed by atoms with E-state index in [1.165, 1.54) is 7.11 Å². The van der Waals surface area contributed by atoms with Crippen LogP contribution in [0, 0.1) is 0 Å². The maximum Gasteiger partial charge on any atom is 0.326 e. The summed E-state index contributed by atoms with van der Waals surface area (Å²) < 4.78 is 10.7. The highest BCUT2D eigenvalue weighted by Gasteiger charge is 2.22.